The molecule has 0 atom stereocenters. The highest BCUT2D eigenvalue weighted by Crippen LogP contribution is 2.60. The second kappa shape index (κ2) is 14.1. The van der Waals surface area contributed by atoms with E-state index in [1.54, 1.807) is 0 Å². The molecule has 0 unspecified atom stereocenters. The van der Waals surface area contributed by atoms with E-state index in [0.29, 0.717) is 0 Å². The molecule has 0 saturated heterocycles. The largest absolute Gasteiger partial charge is 0.454 e. The zero-order chi connectivity index (χ0) is 40.3. The fourth-order valence-electron chi connectivity index (χ4n) is 10.2. The molecular weight excluding hydrogens is 739 g/mol. The molecule has 286 valence electrons. The van der Waals surface area contributed by atoms with E-state index >= 15 is 0 Å². The lowest BCUT2D eigenvalue weighted by molar-refractivity contribution is 0.669. The lowest BCUT2D eigenvalue weighted by Gasteiger charge is -2.34. The maximum Gasteiger partial charge on any atom is 0.159 e. The zero-order valence-corrected chi connectivity index (χ0v) is 33.4. The Kier molecular flexibility index (Phi) is 8.11. The lowest BCUT2D eigenvalue weighted by Crippen LogP contribution is -2.28. The summed E-state index contributed by atoms with van der Waals surface area (Å²) < 4.78 is 7.04. The Labute approximate surface area is 355 Å². The van der Waals surface area contributed by atoms with Crippen molar-refractivity contribution >= 4 is 49.8 Å². The van der Waals surface area contributed by atoms with E-state index in [1.807, 2.05) is 0 Å². The van der Waals surface area contributed by atoms with Crippen molar-refractivity contribution in [2.24, 2.45) is 0 Å². The maximum absolute atomic E-state index is 7.04. The van der Waals surface area contributed by atoms with Crippen molar-refractivity contribution in [3.8, 4) is 33.4 Å². The summed E-state index contributed by atoms with van der Waals surface area (Å²) in [5, 5.41) is 4.59. The number of hydrogen-bond acceptors (Lipinski definition) is 2. The molecule has 11 aromatic rings. The molecule has 0 aliphatic heterocycles. The van der Waals surface area contributed by atoms with Gasteiger partial charge in [-0.05, 0) is 85.6 Å². The van der Waals surface area contributed by atoms with Gasteiger partial charge in [0.25, 0.3) is 0 Å². The van der Waals surface area contributed by atoms with Crippen molar-refractivity contribution in [3.63, 3.8) is 0 Å². The highest BCUT2D eigenvalue weighted by Gasteiger charge is 2.47. The van der Waals surface area contributed by atoms with Gasteiger partial charge in [0.1, 0.15) is 5.58 Å². The third-order valence-corrected chi connectivity index (χ3v) is 12.8. The molecule has 0 amide bonds. The fraction of sp³-hybridized carbons (Fsp3) is 0.0169. The van der Waals surface area contributed by atoms with Gasteiger partial charge in [0.15, 0.2) is 5.58 Å². The Morgan fingerprint density at radius 3 is 1.70 bits per heavy atom. The molecule has 10 aromatic carbocycles. The second-order valence-electron chi connectivity index (χ2n) is 15.9. The number of anilines is 3. The van der Waals surface area contributed by atoms with Gasteiger partial charge < -0.3 is 9.32 Å². The van der Waals surface area contributed by atoms with Crippen LogP contribution in [0.15, 0.2) is 241 Å². The molecule has 1 heterocycles. The monoisotopic (exact) mass is 777 g/mol. The quantitative estimate of drug-likeness (QED) is 0.160. The van der Waals surface area contributed by atoms with Crippen LogP contribution in [0.3, 0.4) is 0 Å². The van der Waals surface area contributed by atoms with Crippen molar-refractivity contribution in [1.29, 1.82) is 0 Å². The molecule has 0 spiro atoms. The fourth-order valence-corrected chi connectivity index (χ4v) is 10.2. The summed E-state index contributed by atoms with van der Waals surface area (Å²) in [4.78, 5) is 2.47. The van der Waals surface area contributed by atoms with E-state index in [9.17, 15) is 0 Å². The number of nitrogens with zero attached hydrogens (tertiary/aromatic N) is 1. The Balaban J connectivity index is 1.19. The molecule has 2 heteroatoms. The summed E-state index contributed by atoms with van der Waals surface area (Å²) in [5.74, 6) is 0. The van der Waals surface area contributed by atoms with Crippen LogP contribution in [0.5, 0.6) is 0 Å². The van der Waals surface area contributed by atoms with Crippen molar-refractivity contribution in [2.75, 3.05) is 4.90 Å². The Morgan fingerprint density at radius 1 is 0.344 bits per heavy atom. The number of furan rings is 1. The number of hydrogen-bond donors (Lipinski definition) is 0. The molecule has 0 bridgehead atoms. The van der Waals surface area contributed by atoms with Crippen LogP contribution in [-0.4, -0.2) is 0 Å². The van der Waals surface area contributed by atoms with E-state index in [-0.39, 0.29) is 0 Å². The summed E-state index contributed by atoms with van der Waals surface area (Å²) in [6.07, 6.45) is 0. The van der Waals surface area contributed by atoms with Crippen LogP contribution in [0.4, 0.5) is 17.1 Å². The van der Waals surface area contributed by atoms with E-state index in [4.69, 9.17) is 4.42 Å². The summed E-state index contributed by atoms with van der Waals surface area (Å²) in [6, 6.07) is 85.9. The van der Waals surface area contributed by atoms with Gasteiger partial charge in [-0.15, -0.1) is 0 Å². The standard InChI is InChI=1S/C59H39NO/c1-4-19-40(20-5-1)42-37-38-56-50(39-42)48-31-17-36-55(58(48)61-56)60(53-34-15-13-28-47(53)46-30-16-22-41-21-10-11-27-45(41)46)54-35-18-33-52-57(54)49-29-12-14-32-51(49)59(52,43-23-6-2-7-24-43)44-25-8-3-9-26-44/h1-39H. The summed E-state index contributed by atoms with van der Waals surface area (Å²) in [5.41, 5.74) is 16.4. The summed E-state index contributed by atoms with van der Waals surface area (Å²) in [6.45, 7) is 0. The SMILES string of the molecule is c1ccc(-c2ccc3oc4c(N(c5ccccc5-c5cccc6ccccc56)c5cccc6c5-c5ccccc5C6(c5ccccc5)c5ccccc5)cccc4c3c2)cc1. The number of para-hydroxylation sites is 2. The minimum Gasteiger partial charge on any atom is -0.454 e. The van der Waals surface area contributed by atoms with Crippen LogP contribution in [0.2, 0.25) is 0 Å². The van der Waals surface area contributed by atoms with Crippen molar-refractivity contribution in [1.82, 2.24) is 0 Å². The van der Waals surface area contributed by atoms with Crippen molar-refractivity contribution in [3.05, 3.63) is 259 Å². The van der Waals surface area contributed by atoms with E-state index < -0.39 is 5.41 Å². The molecule has 2 nitrogen and oxygen atoms in total. The molecule has 0 saturated carbocycles. The van der Waals surface area contributed by atoms with Gasteiger partial charge >= 0.3 is 0 Å². The summed E-state index contributed by atoms with van der Waals surface area (Å²) in [7, 11) is 0. The van der Waals surface area contributed by atoms with Gasteiger partial charge in [-0.2, -0.15) is 0 Å². The highest BCUT2D eigenvalue weighted by atomic mass is 16.3. The zero-order valence-electron chi connectivity index (χ0n) is 33.4. The number of rotatable bonds is 7. The molecule has 1 aliphatic rings. The van der Waals surface area contributed by atoms with E-state index in [0.717, 1.165) is 50.1 Å². The molecule has 61 heavy (non-hydrogen) atoms. The van der Waals surface area contributed by atoms with Gasteiger partial charge in [-0.3, -0.25) is 0 Å². The smallest absolute Gasteiger partial charge is 0.159 e. The predicted molar refractivity (Wildman–Crippen MR) is 254 cm³/mol. The molecule has 0 N–H and O–H groups in total. The molecule has 0 radical (unpaired) electrons. The second-order valence-corrected chi connectivity index (χ2v) is 15.9. The maximum atomic E-state index is 7.04. The summed E-state index contributed by atoms with van der Waals surface area (Å²) >= 11 is 0. The molecule has 0 fully saturated rings. The Morgan fingerprint density at radius 2 is 0.902 bits per heavy atom. The van der Waals surface area contributed by atoms with Crippen LogP contribution < -0.4 is 4.90 Å². The minimum absolute atomic E-state index is 0.551. The predicted octanol–water partition coefficient (Wildman–Crippen LogP) is 15.9. The van der Waals surface area contributed by atoms with Crippen molar-refractivity contribution in [2.45, 2.75) is 5.41 Å². The average Bonchev–Trinajstić information content (AvgIpc) is 3.87. The first kappa shape index (κ1) is 35.0. The third kappa shape index (κ3) is 5.36. The van der Waals surface area contributed by atoms with Crippen molar-refractivity contribution < 1.29 is 4.42 Å². The first-order valence-corrected chi connectivity index (χ1v) is 21.0. The Hall–Kier alpha value is -7.94. The van der Waals surface area contributed by atoms with E-state index in [1.165, 1.54) is 55.3 Å². The minimum atomic E-state index is -0.551. The molecule has 12 rings (SSSR count). The topological polar surface area (TPSA) is 16.4 Å². The first-order chi connectivity index (χ1) is 30.3. The van der Waals surface area contributed by atoms with Crippen LogP contribution in [-0.2, 0) is 5.41 Å². The first-order valence-electron chi connectivity index (χ1n) is 21.0. The normalized spacial score (nSPS) is 12.7. The lowest BCUT2D eigenvalue weighted by atomic mass is 9.68. The van der Waals surface area contributed by atoms with Gasteiger partial charge in [0, 0.05) is 21.9 Å². The van der Waals surface area contributed by atoms with Gasteiger partial charge in [-0.25, -0.2) is 0 Å². The number of fused-ring (bicyclic) bond motifs is 7. The number of benzene rings is 10. The van der Waals surface area contributed by atoms with Gasteiger partial charge in [0.05, 0.1) is 22.5 Å². The van der Waals surface area contributed by atoms with Gasteiger partial charge in [0.2, 0.25) is 0 Å². The average molecular weight is 778 g/mol. The van der Waals surface area contributed by atoms with Crippen LogP contribution in [0, 0.1) is 0 Å². The molecule has 1 aliphatic carbocycles. The molecular formula is C59H39NO. The third-order valence-electron chi connectivity index (χ3n) is 12.8. The van der Waals surface area contributed by atoms with Crippen LogP contribution in [0.25, 0.3) is 66.1 Å². The van der Waals surface area contributed by atoms with Crippen LogP contribution in [0.1, 0.15) is 22.3 Å². The van der Waals surface area contributed by atoms with Gasteiger partial charge in [-0.1, -0.05) is 206 Å². The molecule has 1 aromatic heterocycles. The highest BCUT2D eigenvalue weighted by molar-refractivity contribution is 6.13. The Bertz CT molecular complexity index is 3380. The van der Waals surface area contributed by atoms with E-state index in [2.05, 4.69) is 241 Å². The van der Waals surface area contributed by atoms with Crippen LogP contribution >= 0.6 is 0 Å².